The number of ether oxygens (including phenoxy) is 1. The Kier molecular flexibility index (Phi) is 8.60. The Balaban J connectivity index is 1.48. The summed E-state index contributed by atoms with van der Waals surface area (Å²) in [6, 6.07) is -0.0157. The molecule has 0 radical (unpaired) electrons. The number of likely N-dealkylation sites (tertiary alicyclic amines) is 1. The summed E-state index contributed by atoms with van der Waals surface area (Å²) >= 11 is 0. The van der Waals surface area contributed by atoms with Crippen LogP contribution < -0.4 is 5.32 Å². The van der Waals surface area contributed by atoms with Gasteiger partial charge in [0.15, 0.2) is 0 Å². The maximum Gasteiger partial charge on any atom is 0.410 e. The van der Waals surface area contributed by atoms with Crippen LogP contribution in [0.25, 0.3) is 0 Å². The van der Waals surface area contributed by atoms with E-state index >= 15 is 0 Å². The number of urea groups is 1. The van der Waals surface area contributed by atoms with Crippen LogP contribution in [0.15, 0.2) is 48.1 Å². The molecular weight excluding hydrogens is 402 g/mol. The minimum atomic E-state index is -0.506. The van der Waals surface area contributed by atoms with Gasteiger partial charge >= 0.3 is 12.1 Å². The minimum absolute atomic E-state index is 0.00220. The quantitative estimate of drug-likeness (QED) is 0.641. The molecule has 0 spiro atoms. The molecule has 1 aliphatic carbocycles. The Bertz CT molecular complexity index is 776. The fourth-order valence-corrected chi connectivity index (χ4v) is 4.50. The molecule has 1 unspecified atom stereocenters. The Morgan fingerprint density at radius 2 is 1.62 bits per heavy atom. The lowest BCUT2D eigenvalue weighted by atomic mass is 9.88. The standard InChI is InChI=1S/C26H39N3O3/c1-26(2,3)32-25(31)29-19-16-23(20-29)27-24(30)28-17-10-9-14-22(15-11-18-28)21-12-7-5-4-6-8-13-21/h4-8,12-13,22-23H,9-11,14-20H2,1-3H3,(H,27,30)/b5-4-,6-4?,7-5?,8-6-,12-7?,13-8?,21-12?,21-13?/t22?,23-/m1/s1. The van der Waals surface area contributed by atoms with Gasteiger partial charge in [0.1, 0.15) is 5.60 Å². The fraction of sp³-hybridized carbons (Fsp3) is 0.615. The number of hydrogen-bond acceptors (Lipinski definition) is 3. The number of amides is 3. The van der Waals surface area contributed by atoms with E-state index in [2.05, 4.69) is 41.8 Å². The van der Waals surface area contributed by atoms with E-state index in [4.69, 9.17) is 4.74 Å². The molecule has 32 heavy (non-hydrogen) atoms. The largest absolute Gasteiger partial charge is 0.444 e. The lowest BCUT2D eigenvalue weighted by Gasteiger charge is -2.26. The lowest BCUT2D eigenvalue weighted by molar-refractivity contribution is 0.0291. The topological polar surface area (TPSA) is 61.9 Å². The van der Waals surface area contributed by atoms with Crippen LogP contribution in [-0.2, 0) is 4.74 Å². The van der Waals surface area contributed by atoms with Crippen LogP contribution in [0.3, 0.4) is 0 Å². The van der Waals surface area contributed by atoms with Crippen molar-refractivity contribution in [3.05, 3.63) is 48.1 Å². The first-order valence-electron chi connectivity index (χ1n) is 12.1. The molecule has 0 bridgehead atoms. The molecule has 3 aliphatic rings. The summed E-state index contributed by atoms with van der Waals surface area (Å²) in [5.74, 6) is 0.544. The van der Waals surface area contributed by atoms with E-state index in [1.807, 2.05) is 31.7 Å². The predicted molar refractivity (Wildman–Crippen MR) is 128 cm³/mol. The first-order chi connectivity index (χ1) is 15.3. The van der Waals surface area contributed by atoms with Gasteiger partial charge in [-0.2, -0.15) is 0 Å². The van der Waals surface area contributed by atoms with Crippen molar-refractivity contribution in [1.82, 2.24) is 15.1 Å². The number of nitrogens with one attached hydrogen (secondary N) is 1. The van der Waals surface area contributed by atoms with E-state index < -0.39 is 5.60 Å². The molecule has 2 atom stereocenters. The molecule has 0 aromatic heterocycles. The highest BCUT2D eigenvalue weighted by Gasteiger charge is 2.31. The smallest absolute Gasteiger partial charge is 0.410 e. The van der Waals surface area contributed by atoms with Gasteiger partial charge < -0.3 is 19.9 Å². The van der Waals surface area contributed by atoms with Crippen molar-refractivity contribution in [3.8, 4) is 0 Å². The molecule has 3 amide bonds. The summed E-state index contributed by atoms with van der Waals surface area (Å²) in [6.45, 7) is 8.30. The van der Waals surface area contributed by atoms with E-state index in [1.165, 1.54) is 5.57 Å². The molecule has 6 nitrogen and oxygen atoms in total. The maximum atomic E-state index is 12.9. The Hall–Kier alpha value is -2.50. The normalized spacial score (nSPS) is 26.7. The highest BCUT2D eigenvalue weighted by atomic mass is 16.6. The third kappa shape index (κ3) is 7.57. The third-order valence-corrected chi connectivity index (χ3v) is 6.16. The zero-order valence-corrected chi connectivity index (χ0v) is 19.9. The first-order valence-corrected chi connectivity index (χ1v) is 12.1. The second-order valence-corrected chi connectivity index (χ2v) is 9.98. The van der Waals surface area contributed by atoms with Gasteiger partial charge in [0, 0.05) is 32.2 Å². The van der Waals surface area contributed by atoms with E-state index in [9.17, 15) is 9.59 Å². The van der Waals surface area contributed by atoms with Crippen LogP contribution in [-0.4, -0.2) is 59.7 Å². The summed E-state index contributed by atoms with van der Waals surface area (Å²) in [6.07, 6.45) is 20.7. The fourth-order valence-electron chi connectivity index (χ4n) is 4.50. The molecule has 3 rings (SSSR count). The lowest BCUT2D eigenvalue weighted by Crippen LogP contribution is -2.47. The van der Waals surface area contributed by atoms with Crippen LogP contribution in [0.2, 0.25) is 0 Å². The van der Waals surface area contributed by atoms with Gasteiger partial charge in [-0.25, -0.2) is 9.59 Å². The second-order valence-electron chi connectivity index (χ2n) is 9.98. The van der Waals surface area contributed by atoms with Crippen molar-refractivity contribution in [2.24, 2.45) is 5.92 Å². The van der Waals surface area contributed by atoms with Gasteiger partial charge in [0.05, 0.1) is 0 Å². The number of nitrogens with zero attached hydrogens (tertiary/aromatic N) is 2. The summed E-state index contributed by atoms with van der Waals surface area (Å²) in [7, 11) is 0. The zero-order valence-electron chi connectivity index (χ0n) is 19.9. The van der Waals surface area contributed by atoms with Gasteiger partial charge in [-0.3, -0.25) is 0 Å². The summed E-state index contributed by atoms with van der Waals surface area (Å²) in [4.78, 5) is 28.9. The maximum absolute atomic E-state index is 12.9. The van der Waals surface area contributed by atoms with E-state index in [1.54, 1.807) is 4.90 Å². The highest BCUT2D eigenvalue weighted by Crippen LogP contribution is 2.27. The number of hydrogen-bond donors (Lipinski definition) is 1. The van der Waals surface area contributed by atoms with Crippen molar-refractivity contribution in [2.45, 2.75) is 70.9 Å². The summed E-state index contributed by atoms with van der Waals surface area (Å²) in [5, 5.41) is 3.15. The van der Waals surface area contributed by atoms with E-state index in [-0.39, 0.29) is 18.2 Å². The molecule has 0 aromatic rings. The minimum Gasteiger partial charge on any atom is -0.444 e. The van der Waals surface area contributed by atoms with Gasteiger partial charge in [-0.15, -0.1) is 0 Å². The predicted octanol–water partition coefficient (Wildman–Crippen LogP) is 5.20. The Morgan fingerprint density at radius 3 is 2.44 bits per heavy atom. The molecule has 0 saturated carbocycles. The average molecular weight is 442 g/mol. The highest BCUT2D eigenvalue weighted by molar-refractivity contribution is 5.75. The summed E-state index contributed by atoms with van der Waals surface area (Å²) < 4.78 is 5.46. The number of carbonyl (C=O) groups is 2. The van der Waals surface area contributed by atoms with Crippen LogP contribution in [0.5, 0.6) is 0 Å². The molecular formula is C26H39N3O3. The van der Waals surface area contributed by atoms with Crippen molar-refractivity contribution in [3.63, 3.8) is 0 Å². The molecule has 0 aromatic carbocycles. The van der Waals surface area contributed by atoms with Gasteiger partial charge in [-0.1, -0.05) is 49.0 Å². The monoisotopic (exact) mass is 441 g/mol. The van der Waals surface area contributed by atoms with Gasteiger partial charge in [0.2, 0.25) is 0 Å². The molecule has 2 aliphatic heterocycles. The second kappa shape index (κ2) is 11.4. The zero-order chi connectivity index (χ0) is 23.0. The Labute approximate surface area is 193 Å². The molecule has 2 saturated heterocycles. The number of carbonyl (C=O) groups excluding carboxylic acids is 2. The Morgan fingerprint density at radius 1 is 0.906 bits per heavy atom. The van der Waals surface area contributed by atoms with Crippen LogP contribution in [0.4, 0.5) is 9.59 Å². The SMILES string of the molecule is CC(C)(C)OC(=O)N1CC[C@@H](NC(=O)N2CCCCC(C3=C/C=C\C=C/C=C3)CCC2)C1. The van der Waals surface area contributed by atoms with Gasteiger partial charge in [-0.05, 0) is 64.4 Å². The molecule has 176 valence electrons. The van der Waals surface area contributed by atoms with Crippen molar-refractivity contribution in [2.75, 3.05) is 26.2 Å². The van der Waals surface area contributed by atoms with Crippen molar-refractivity contribution in [1.29, 1.82) is 0 Å². The van der Waals surface area contributed by atoms with Crippen molar-refractivity contribution < 1.29 is 14.3 Å². The molecule has 1 N–H and O–H groups in total. The van der Waals surface area contributed by atoms with Crippen LogP contribution in [0.1, 0.15) is 59.3 Å². The first kappa shape index (κ1) is 24.1. The van der Waals surface area contributed by atoms with E-state index in [0.717, 1.165) is 51.6 Å². The summed E-state index contributed by atoms with van der Waals surface area (Å²) in [5.41, 5.74) is 0.880. The average Bonchev–Trinajstić information content (AvgIpc) is 3.19. The molecule has 2 fully saturated rings. The van der Waals surface area contributed by atoms with Crippen LogP contribution >= 0.6 is 0 Å². The van der Waals surface area contributed by atoms with Gasteiger partial charge in [0.25, 0.3) is 0 Å². The number of rotatable bonds is 2. The molecule has 2 heterocycles. The van der Waals surface area contributed by atoms with Crippen LogP contribution in [0, 0.1) is 5.92 Å². The van der Waals surface area contributed by atoms with E-state index in [0.29, 0.717) is 19.0 Å². The van der Waals surface area contributed by atoms with Crippen molar-refractivity contribution >= 4 is 12.1 Å². The third-order valence-electron chi connectivity index (χ3n) is 6.16. The molecule has 6 heteroatoms. The number of allylic oxidation sites excluding steroid dienone is 8.